The molecule has 22 heavy (non-hydrogen) atoms. The number of nitrogens with zero attached hydrogens (tertiary/aromatic N) is 1. The zero-order valence-corrected chi connectivity index (χ0v) is 14.5. The van der Waals surface area contributed by atoms with Gasteiger partial charge in [-0.15, -0.1) is 0 Å². The summed E-state index contributed by atoms with van der Waals surface area (Å²) in [6.45, 7) is 6.01. The predicted molar refractivity (Wildman–Crippen MR) is 90.3 cm³/mol. The van der Waals surface area contributed by atoms with Gasteiger partial charge in [-0.2, -0.15) is 0 Å². The molecule has 2 aromatic rings. The SMILES string of the molecule is CCC(N)(CC)CNS(=O)(=O)c1c(C)n(C)c2ccccc12. The fourth-order valence-corrected chi connectivity index (χ4v) is 4.25. The van der Waals surface area contributed by atoms with E-state index < -0.39 is 15.6 Å². The Labute approximate surface area is 132 Å². The van der Waals surface area contributed by atoms with Crippen LogP contribution < -0.4 is 10.5 Å². The largest absolute Gasteiger partial charge is 0.347 e. The molecule has 1 aromatic carbocycles. The Balaban J connectivity index is 2.45. The quantitative estimate of drug-likeness (QED) is 0.856. The second kappa shape index (κ2) is 6.02. The van der Waals surface area contributed by atoms with E-state index in [1.54, 1.807) is 0 Å². The zero-order valence-electron chi connectivity index (χ0n) is 13.7. The first-order chi connectivity index (χ1) is 10.3. The van der Waals surface area contributed by atoms with Crippen LogP contribution in [0.2, 0.25) is 0 Å². The molecular weight excluding hydrogens is 298 g/mol. The Kier molecular flexibility index (Phi) is 4.65. The number of nitrogens with one attached hydrogen (secondary N) is 1. The molecule has 0 bridgehead atoms. The molecule has 0 atom stereocenters. The summed E-state index contributed by atoms with van der Waals surface area (Å²) in [6.07, 6.45) is 1.45. The van der Waals surface area contributed by atoms with Crippen LogP contribution in [0.15, 0.2) is 29.2 Å². The highest BCUT2D eigenvalue weighted by atomic mass is 32.2. The van der Waals surface area contributed by atoms with Crippen LogP contribution in [0.4, 0.5) is 0 Å². The highest BCUT2D eigenvalue weighted by Crippen LogP contribution is 2.28. The Hall–Kier alpha value is -1.37. The van der Waals surface area contributed by atoms with Gasteiger partial charge in [0.05, 0.1) is 0 Å². The third-order valence-corrected chi connectivity index (χ3v) is 6.21. The number of fused-ring (bicyclic) bond motifs is 1. The van der Waals surface area contributed by atoms with Crippen molar-refractivity contribution >= 4 is 20.9 Å². The van der Waals surface area contributed by atoms with Gasteiger partial charge in [0.15, 0.2) is 0 Å². The molecule has 2 rings (SSSR count). The molecule has 0 aliphatic carbocycles. The van der Waals surface area contributed by atoms with Crippen molar-refractivity contribution in [1.82, 2.24) is 9.29 Å². The number of hydrogen-bond donors (Lipinski definition) is 2. The smallest absolute Gasteiger partial charge is 0.243 e. The number of nitrogens with two attached hydrogens (primary N) is 1. The van der Waals surface area contributed by atoms with Gasteiger partial charge >= 0.3 is 0 Å². The number of aromatic nitrogens is 1. The molecule has 1 aromatic heterocycles. The van der Waals surface area contributed by atoms with E-state index >= 15 is 0 Å². The van der Waals surface area contributed by atoms with Crippen molar-refractivity contribution in [3.8, 4) is 0 Å². The minimum Gasteiger partial charge on any atom is -0.347 e. The van der Waals surface area contributed by atoms with Gasteiger partial charge in [0, 0.05) is 35.7 Å². The average Bonchev–Trinajstić information content (AvgIpc) is 2.77. The summed E-state index contributed by atoms with van der Waals surface area (Å²) in [6, 6.07) is 7.52. The molecule has 6 heteroatoms. The van der Waals surface area contributed by atoms with E-state index in [-0.39, 0.29) is 6.54 Å². The molecule has 3 N–H and O–H groups in total. The number of sulfonamides is 1. The van der Waals surface area contributed by atoms with Crippen molar-refractivity contribution < 1.29 is 8.42 Å². The maximum atomic E-state index is 12.8. The molecule has 5 nitrogen and oxygen atoms in total. The summed E-state index contributed by atoms with van der Waals surface area (Å²) in [5.74, 6) is 0. The maximum Gasteiger partial charge on any atom is 0.243 e. The third kappa shape index (κ3) is 2.91. The van der Waals surface area contributed by atoms with Gasteiger partial charge in [-0.05, 0) is 25.8 Å². The minimum atomic E-state index is -3.60. The third-order valence-electron chi connectivity index (χ3n) is 4.63. The van der Waals surface area contributed by atoms with Crippen molar-refractivity contribution in [2.24, 2.45) is 12.8 Å². The van der Waals surface area contributed by atoms with E-state index in [0.717, 1.165) is 29.4 Å². The second-order valence-electron chi connectivity index (χ2n) is 5.88. The monoisotopic (exact) mass is 323 g/mol. The summed E-state index contributed by atoms with van der Waals surface area (Å²) in [4.78, 5) is 0.347. The maximum absolute atomic E-state index is 12.8. The molecule has 0 unspecified atom stereocenters. The topological polar surface area (TPSA) is 77.1 Å². The molecular formula is C16H25N3O2S. The van der Waals surface area contributed by atoms with E-state index in [0.29, 0.717) is 4.90 Å². The number of aryl methyl sites for hydroxylation is 1. The molecule has 0 fully saturated rings. The first-order valence-corrected chi connectivity index (χ1v) is 9.06. The van der Waals surface area contributed by atoms with E-state index in [9.17, 15) is 8.42 Å². The van der Waals surface area contributed by atoms with Gasteiger partial charge in [0.25, 0.3) is 0 Å². The highest BCUT2D eigenvalue weighted by molar-refractivity contribution is 7.89. The first-order valence-electron chi connectivity index (χ1n) is 7.58. The Morgan fingerprint density at radius 3 is 2.41 bits per heavy atom. The van der Waals surface area contributed by atoms with Crippen molar-refractivity contribution in [2.75, 3.05) is 6.54 Å². The number of rotatable bonds is 6. The van der Waals surface area contributed by atoms with E-state index in [2.05, 4.69) is 4.72 Å². The summed E-state index contributed by atoms with van der Waals surface area (Å²) in [5, 5.41) is 0.741. The normalized spacial score (nSPS) is 13.0. The Morgan fingerprint density at radius 2 is 1.82 bits per heavy atom. The van der Waals surface area contributed by atoms with Gasteiger partial charge in [0.2, 0.25) is 10.0 Å². The van der Waals surface area contributed by atoms with Crippen molar-refractivity contribution in [1.29, 1.82) is 0 Å². The summed E-state index contributed by atoms with van der Waals surface area (Å²) < 4.78 is 30.2. The van der Waals surface area contributed by atoms with Gasteiger partial charge in [-0.25, -0.2) is 13.1 Å². The highest BCUT2D eigenvalue weighted by Gasteiger charge is 2.27. The van der Waals surface area contributed by atoms with Gasteiger partial charge in [0.1, 0.15) is 4.90 Å². The number of para-hydroxylation sites is 1. The average molecular weight is 323 g/mol. The van der Waals surface area contributed by atoms with E-state index in [4.69, 9.17) is 5.73 Å². The van der Waals surface area contributed by atoms with Crippen LogP contribution in [0.1, 0.15) is 32.4 Å². The van der Waals surface area contributed by atoms with Gasteiger partial charge in [-0.3, -0.25) is 0 Å². The molecule has 0 aliphatic heterocycles. The van der Waals surface area contributed by atoms with Crippen LogP contribution in [-0.2, 0) is 17.1 Å². The molecule has 122 valence electrons. The first kappa shape index (κ1) is 17.0. The summed E-state index contributed by atoms with van der Waals surface area (Å²) in [5.41, 5.74) is 7.33. The lowest BCUT2D eigenvalue weighted by atomic mass is 9.95. The molecule has 0 aliphatic rings. The van der Waals surface area contributed by atoms with Gasteiger partial charge in [-0.1, -0.05) is 32.0 Å². The van der Waals surface area contributed by atoms with Crippen molar-refractivity contribution in [3.05, 3.63) is 30.0 Å². The summed E-state index contributed by atoms with van der Waals surface area (Å²) >= 11 is 0. The fraction of sp³-hybridized carbons (Fsp3) is 0.500. The van der Waals surface area contributed by atoms with Gasteiger partial charge < -0.3 is 10.3 Å². The molecule has 0 amide bonds. The fourth-order valence-electron chi connectivity index (χ4n) is 2.64. The standard InChI is InChI=1S/C16H25N3O2S/c1-5-16(17,6-2)11-18-22(20,21)15-12(3)19(4)14-10-8-7-9-13(14)15/h7-10,18H,5-6,11,17H2,1-4H3. The molecule has 0 saturated heterocycles. The van der Waals surface area contributed by atoms with E-state index in [1.165, 1.54) is 0 Å². The lowest BCUT2D eigenvalue weighted by Crippen LogP contribution is -2.49. The zero-order chi connectivity index (χ0) is 16.5. The van der Waals surface area contributed by atoms with Crippen molar-refractivity contribution in [2.45, 2.75) is 44.0 Å². The van der Waals surface area contributed by atoms with Crippen LogP contribution >= 0.6 is 0 Å². The predicted octanol–water partition coefficient (Wildman–Crippen LogP) is 2.28. The Bertz CT molecular complexity index is 774. The lowest BCUT2D eigenvalue weighted by Gasteiger charge is -2.26. The van der Waals surface area contributed by atoms with Crippen LogP contribution in [0, 0.1) is 6.92 Å². The second-order valence-corrected chi connectivity index (χ2v) is 7.59. The number of hydrogen-bond acceptors (Lipinski definition) is 3. The lowest BCUT2D eigenvalue weighted by molar-refractivity contribution is 0.392. The minimum absolute atomic E-state index is 0.241. The van der Waals surface area contributed by atoms with Crippen molar-refractivity contribution in [3.63, 3.8) is 0 Å². The molecule has 0 radical (unpaired) electrons. The number of benzene rings is 1. The molecule has 1 heterocycles. The van der Waals surface area contributed by atoms with Crippen LogP contribution in [-0.4, -0.2) is 25.1 Å². The van der Waals surface area contributed by atoms with Crippen LogP contribution in [0.3, 0.4) is 0 Å². The molecule has 0 spiro atoms. The van der Waals surface area contributed by atoms with E-state index in [1.807, 2.05) is 56.7 Å². The van der Waals surface area contributed by atoms with Crippen LogP contribution in [0.25, 0.3) is 10.9 Å². The molecule has 0 saturated carbocycles. The summed E-state index contributed by atoms with van der Waals surface area (Å²) in [7, 11) is -1.72. The van der Waals surface area contributed by atoms with Crippen LogP contribution in [0.5, 0.6) is 0 Å². The Morgan fingerprint density at radius 1 is 1.23 bits per heavy atom.